The fourth-order valence-electron chi connectivity index (χ4n) is 1.45. The van der Waals surface area contributed by atoms with Crippen molar-refractivity contribution in [1.82, 2.24) is 4.98 Å². The summed E-state index contributed by atoms with van der Waals surface area (Å²) in [6, 6.07) is 12.2. The number of rotatable bonds is 3. The van der Waals surface area contributed by atoms with Gasteiger partial charge in [-0.1, -0.05) is 41.4 Å². The molecule has 1 aromatic carbocycles. The third-order valence-electron chi connectivity index (χ3n) is 2.26. The predicted octanol–water partition coefficient (Wildman–Crippen LogP) is 3.57. The number of anilines is 1. The normalized spacial score (nSPS) is 10.1. The van der Waals surface area contributed by atoms with Crippen LogP contribution in [0.3, 0.4) is 0 Å². The van der Waals surface area contributed by atoms with Gasteiger partial charge in [0.2, 0.25) is 5.91 Å². The number of aromatic nitrogens is 1. The van der Waals surface area contributed by atoms with E-state index in [0.717, 1.165) is 5.56 Å². The molecule has 1 N–H and O–H groups in total. The van der Waals surface area contributed by atoms with E-state index in [1.165, 1.54) is 0 Å². The zero-order valence-electron chi connectivity index (χ0n) is 9.36. The molecule has 5 heteroatoms. The summed E-state index contributed by atoms with van der Waals surface area (Å²) in [6.45, 7) is 0. The summed E-state index contributed by atoms with van der Waals surface area (Å²) in [5.41, 5.74) is 0.888. The van der Waals surface area contributed by atoms with Crippen LogP contribution < -0.4 is 5.32 Å². The molecule has 0 saturated heterocycles. The van der Waals surface area contributed by atoms with Gasteiger partial charge in [-0.15, -0.1) is 0 Å². The van der Waals surface area contributed by atoms with Crippen LogP contribution in [0.4, 0.5) is 5.82 Å². The third kappa shape index (κ3) is 3.72. The number of hydrogen-bond acceptors (Lipinski definition) is 2. The molecule has 0 aliphatic heterocycles. The maximum atomic E-state index is 11.8. The van der Waals surface area contributed by atoms with Crippen LogP contribution in [0.2, 0.25) is 10.2 Å². The second-order valence-electron chi connectivity index (χ2n) is 3.70. The van der Waals surface area contributed by atoms with E-state index in [-0.39, 0.29) is 12.3 Å². The Hall–Kier alpha value is -1.58. The highest BCUT2D eigenvalue weighted by atomic mass is 35.5. The van der Waals surface area contributed by atoms with Crippen molar-refractivity contribution in [1.29, 1.82) is 0 Å². The number of nitrogens with one attached hydrogen (secondary N) is 1. The lowest BCUT2D eigenvalue weighted by atomic mass is 10.1. The number of halogens is 2. The van der Waals surface area contributed by atoms with Crippen molar-refractivity contribution in [2.75, 3.05) is 5.32 Å². The molecule has 0 aliphatic rings. The molecule has 2 aromatic rings. The monoisotopic (exact) mass is 280 g/mol. The van der Waals surface area contributed by atoms with Crippen LogP contribution in [0.15, 0.2) is 42.5 Å². The van der Waals surface area contributed by atoms with Gasteiger partial charge in [-0.2, -0.15) is 0 Å². The Balaban J connectivity index is 1.98. The van der Waals surface area contributed by atoms with Gasteiger partial charge in [-0.25, -0.2) is 4.98 Å². The zero-order chi connectivity index (χ0) is 13.0. The lowest BCUT2D eigenvalue weighted by Gasteiger charge is -2.04. The van der Waals surface area contributed by atoms with Crippen molar-refractivity contribution >= 4 is 34.9 Å². The second-order valence-corrected chi connectivity index (χ2v) is 4.52. The first kappa shape index (κ1) is 12.9. The van der Waals surface area contributed by atoms with E-state index in [9.17, 15) is 4.79 Å². The lowest BCUT2D eigenvalue weighted by molar-refractivity contribution is -0.115. The molecule has 18 heavy (non-hydrogen) atoms. The quantitative estimate of drug-likeness (QED) is 0.874. The smallest absolute Gasteiger partial charge is 0.229 e. The molecule has 0 atom stereocenters. The first-order valence-electron chi connectivity index (χ1n) is 5.30. The highest BCUT2D eigenvalue weighted by molar-refractivity contribution is 6.30. The average Bonchev–Trinajstić information content (AvgIpc) is 2.32. The van der Waals surface area contributed by atoms with Crippen molar-refractivity contribution < 1.29 is 4.79 Å². The lowest BCUT2D eigenvalue weighted by Crippen LogP contribution is -2.15. The number of amides is 1. The molecule has 0 spiro atoms. The molecule has 0 saturated carbocycles. The molecule has 1 heterocycles. The largest absolute Gasteiger partial charge is 0.310 e. The first-order valence-corrected chi connectivity index (χ1v) is 6.06. The summed E-state index contributed by atoms with van der Waals surface area (Å²) >= 11 is 11.5. The van der Waals surface area contributed by atoms with Gasteiger partial charge in [0.1, 0.15) is 11.0 Å². The summed E-state index contributed by atoms with van der Waals surface area (Å²) < 4.78 is 0. The maximum Gasteiger partial charge on any atom is 0.229 e. The van der Waals surface area contributed by atoms with Crippen LogP contribution in [-0.4, -0.2) is 10.9 Å². The maximum absolute atomic E-state index is 11.8. The number of carbonyl (C=O) groups is 1. The minimum Gasteiger partial charge on any atom is -0.310 e. The third-order valence-corrected chi connectivity index (χ3v) is 2.72. The van der Waals surface area contributed by atoms with Crippen molar-refractivity contribution in [3.05, 3.63) is 58.2 Å². The fraction of sp³-hybridized carbons (Fsp3) is 0.0769. The Morgan fingerprint density at radius 3 is 2.50 bits per heavy atom. The molecule has 3 nitrogen and oxygen atoms in total. The molecule has 92 valence electrons. The van der Waals surface area contributed by atoms with Gasteiger partial charge in [0.05, 0.1) is 6.42 Å². The Bertz CT molecular complexity index is 555. The fourth-order valence-corrected chi connectivity index (χ4v) is 1.74. The number of pyridine rings is 1. The molecule has 1 aromatic heterocycles. The minimum atomic E-state index is -0.146. The van der Waals surface area contributed by atoms with Gasteiger partial charge in [0.15, 0.2) is 0 Å². The molecule has 0 aliphatic carbocycles. The van der Waals surface area contributed by atoms with E-state index < -0.39 is 0 Å². The number of hydrogen-bond donors (Lipinski definition) is 1. The summed E-state index contributed by atoms with van der Waals surface area (Å²) in [6.07, 6.45) is 0.269. The average molecular weight is 281 g/mol. The van der Waals surface area contributed by atoms with Gasteiger partial charge in [0.25, 0.3) is 0 Å². The van der Waals surface area contributed by atoms with Gasteiger partial charge in [0, 0.05) is 5.02 Å². The summed E-state index contributed by atoms with van der Waals surface area (Å²) in [5.74, 6) is 0.300. The molecular formula is C13H10Cl2N2O. The summed E-state index contributed by atoms with van der Waals surface area (Å²) in [5, 5.41) is 3.67. The summed E-state index contributed by atoms with van der Waals surface area (Å²) in [4.78, 5) is 15.7. The van der Waals surface area contributed by atoms with Gasteiger partial charge < -0.3 is 5.32 Å². The van der Waals surface area contributed by atoms with E-state index in [4.69, 9.17) is 23.2 Å². The topological polar surface area (TPSA) is 42.0 Å². The van der Waals surface area contributed by atoms with Gasteiger partial charge in [-0.05, 0) is 29.8 Å². The molecule has 0 radical (unpaired) electrons. The highest BCUT2D eigenvalue weighted by Crippen LogP contribution is 2.12. The van der Waals surface area contributed by atoms with Crippen molar-refractivity contribution in [3.63, 3.8) is 0 Å². The van der Waals surface area contributed by atoms with Gasteiger partial charge >= 0.3 is 0 Å². The van der Waals surface area contributed by atoms with Crippen molar-refractivity contribution in [2.45, 2.75) is 6.42 Å². The SMILES string of the molecule is O=C(Cc1ccc(Cl)cc1)Nc1cccc(Cl)n1. The van der Waals surface area contributed by atoms with Gasteiger partial charge in [-0.3, -0.25) is 4.79 Å². The molecule has 0 bridgehead atoms. The Morgan fingerprint density at radius 2 is 1.83 bits per heavy atom. The van der Waals surface area contributed by atoms with E-state index in [2.05, 4.69) is 10.3 Å². The molecule has 0 unspecified atom stereocenters. The second kappa shape index (κ2) is 5.85. The molecule has 0 fully saturated rings. The van der Waals surface area contributed by atoms with Crippen LogP contribution in [0.5, 0.6) is 0 Å². The number of benzene rings is 1. The van der Waals surface area contributed by atoms with Crippen molar-refractivity contribution in [2.24, 2.45) is 0 Å². The highest BCUT2D eigenvalue weighted by Gasteiger charge is 2.05. The Morgan fingerprint density at radius 1 is 1.11 bits per heavy atom. The molecular weight excluding hydrogens is 271 g/mol. The van der Waals surface area contributed by atoms with E-state index in [1.807, 2.05) is 12.1 Å². The van der Waals surface area contributed by atoms with E-state index in [1.54, 1.807) is 30.3 Å². The zero-order valence-corrected chi connectivity index (χ0v) is 10.9. The Labute approximate surface area is 115 Å². The molecule has 1 amide bonds. The van der Waals surface area contributed by atoms with E-state index in [0.29, 0.717) is 16.0 Å². The van der Waals surface area contributed by atoms with Crippen molar-refractivity contribution in [3.8, 4) is 0 Å². The molecule has 2 rings (SSSR count). The minimum absolute atomic E-state index is 0.146. The van der Waals surface area contributed by atoms with E-state index >= 15 is 0 Å². The first-order chi connectivity index (χ1) is 8.63. The Kier molecular flexibility index (Phi) is 4.18. The number of nitrogens with zero attached hydrogens (tertiary/aromatic N) is 1. The van der Waals surface area contributed by atoms with Crippen LogP contribution in [-0.2, 0) is 11.2 Å². The van der Waals surface area contributed by atoms with Crippen LogP contribution in [0, 0.1) is 0 Å². The standard InChI is InChI=1S/C13H10Cl2N2O/c14-10-6-4-9(5-7-10)8-13(18)17-12-3-1-2-11(15)16-12/h1-7H,8H2,(H,16,17,18). The van der Waals surface area contributed by atoms with Crippen LogP contribution in [0.1, 0.15) is 5.56 Å². The van der Waals surface area contributed by atoms with Crippen LogP contribution in [0.25, 0.3) is 0 Å². The predicted molar refractivity (Wildman–Crippen MR) is 73.0 cm³/mol. The van der Waals surface area contributed by atoms with Crippen LogP contribution >= 0.6 is 23.2 Å². The summed E-state index contributed by atoms with van der Waals surface area (Å²) in [7, 11) is 0. The number of carbonyl (C=O) groups excluding carboxylic acids is 1.